The van der Waals surface area contributed by atoms with E-state index in [1.54, 1.807) is 11.9 Å². The number of benzene rings is 1. The van der Waals surface area contributed by atoms with E-state index < -0.39 is 12.0 Å². The summed E-state index contributed by atoms with van der Waals surface area (Å²) in [5.41, 5.74) is 0.759. The predicted octanol–water partition coefficient (Wildman–Crippen LogP) is 1.67. The summed E-state index contributed by atoms with van der Waals surface area (Å²) in [7, 11) is 1.58. The molecule has 0 radical (unpaired) electrons. The second kappa shape index (κ2) is 7.76. The minimum Gasteiger partial charge on any atom is -0.481 e. The third-order valence-corrected chi connectivity index (χ3v) is 4.06. The highest BCUT2D eigenvalue weighted by molar-refractivity contribution is 5.89. The van der Waals surface area contributed by atoms with Crippen molar-refractivity contribution in [1.29, 1.82) is 0 Å². The molecule has 0 saturated carbocycles. The minimum absolute atomic E-state index is 0.0231. The molecule has 6 heteroatoms. The molecule has 0 aromatic heterocycles. The Morgan fingerprint density at radius 1 is 1.26 bits per heavy atom. The van der Waals surface area contributed by atoms with Gasteiger partial charge in [0.2, 0.25) is 11.8 Å². The van der Waals surface area contributed by atoms with Crippen molar-refractivity contribution in [2.24, 2.45) is 0 Å². The number of carbonyl (C=O) groups is 3. The molecule has 124 valence electrons. The predicted molar refractivity (Wildman–Crippen MR) is 84.6 cm³/mol. The van der Waals surface area contributed by atoms with Gasteiger partial charge < -0.3 is 14.9 Å². The highest BCUT2D eigenvalue weighted by Crippen LogP contribution is 2.27. The molecule has 0 spiro atoms. The third-order valence-electron chi connectivity index (χ3n) is 4.06. The van der Waals surface area contributed by atoms with E-state index in [1.807, 2.05) is 30.3 Å². The summed E-state index contributed by atoms with van der Waals surface area (Å²) in [5.74, 6) is -1.22. The summed E-state index contributed by atoms with van der Waals surface area (Å²) in [4.78, 5) is 38.8. The molecule has 1 saturated heterocycles. The molecule has 23 heavy (non-hydrogen) atoms. The van der Waals surface area contributed by atoms with E-state index in [-0.39, 0.29) is 24.8 Å². The number of piperidine rings is 1. The Kier molecular flexibility index (Phi) is 5.73. The fraction of sp³-hybridized carbons (Fsp3) is 0.471. The van der Waals surface area contributed by atoms with Crippen LogP contribution in [0.2, 0.25) is 0 Å². The third kappa shape index (κ3) is 4.31. The van der Waals surface area contributed by atoms with Crippen molar-refractivity contribution in [3.8, 4) is 0 Å². The van der Waals surface area contributed by atoms with Gasteiger partial charge in [-0.15, -0.1) is 0 Å². The number of rotatable bonds is 6. The van der Waals surface area contributed by atoms with Gasteiger partial charge in [-0.25, -0.2) is 0 Å². The topological polar surface area (TPSA) is 77.9 Å². The summed E-state index contributed by atoms with van der Waals surface area (Å²) in [5, 5.41) is 8.79. The smallest absolute Gasteiger partial charge is 0.305 e. The van der Waals surface area contributed by atoms with Crippen LogP contribution in [0.1, 0.15) is 37.3 Å². The van der Waals surface area contributed by atoms with E-state index in [2.05, 4.69) is 0 Å². The van der Waals surface area contributed by atoms with Gasteiger partial charge in [-0.1, -0.05) is 30.3 Å². The SMILES string of the molecule is CN(CCC(=O)O)C(=O)C(c1ccccc1)N1CCCCC1=O. The molecule has 1 fully saturated rings. The summed E-state index contributed by atoms with van der Waals surface area (Å²) in [6, 6.07) is 8.51. The van der Waals surface area contributed by atoms with E-state index in [9.17, 15) is 14.4 Å². The van der Waals surface area contributed by atoms with Crippen LogP contribution >= 0.6 is 0 Å². The van der Waals surface area contributed by atoms with Crippen LogP contribution in [0, 0.1) is 0 Å². The lowest BCUT2D eigenvalue weighted by atomic mass is 10.00. The van der Waals surface area contributed by atoms with Crippen LogP contribution in [0.5, 0.6) is 0 Å². The average Bonchev–Trinajstić information content (AvgIpc) is 2.55. The number of carboxylic acid groups (broad SMARTS) is 1. The molecule has 2 rings (SSSR count). The van der Waals surface area contributed by atoms with E-state index in [4.69, 9.17) is 5.11 Å². The lowest BCUT2D eigenvalue weighted by Gasteiger charge is -2.36. The van der Waals surface area contributed by atoms with Gasteiger partial charge in [0.1, 0.15) is 6.04 Å². The van der Waals surface area contributed by atoms with Crippen molar-refractivity contribution in [3.63, 3.8) is 0 Å². The largest absolute Gasteiger partial charge is 0.481 e. The standard InChI is InChI=1S/C17H22N2O4/c1-18(12-10-15(21)22)17(23)16(13-7-3-2-4-8-13)19-11-6-5-9-14(19)20/h2-4,7-8,16H,5-6,9-12H2,1H3,(H,21,22). The molecule has 1 aromatic carbocycles. The molecule has 1 atom stereocenters. The van der Waals surface area contributed by atoms with Crippen molar-refractivity contribution in [3.05, 3.63) is 35.9 Å². The zero-order valence-electron chi connectivity index (χ0n) is 13.3. The Bertz CT molecular complexity index is 573. The van der Waals surface area contributed by atoms with Gasteiger partial charge in [0.05, 0.1) is 6.42 Å². The van der Waals surface area contributed by atoms with E-state index in [0.717, 1.165) is 18.4 Å². The van der Waals surface area contributed by atoms with Crippen molar-refractivity contribution in [2.75, 3.05) is 20.1 Å². The first-order valence-corrected chi connectivity index (χ1v) is 7.82. The first kappa shape index (κ1) is 17.0. The average molecular weight is 318 g/mol. The Labute approximate surface area is 135 Å². The number of aliphatic carboxylic acids is 1. The van der Waals surface area contributed by atoms with E-state index in [0.29, 0.717) is 13.0 Å². The van der Waals surface area contributed by atoms with Gasteiger partial charge in [0, 0.05) is 26.6 Å². The van der Waals surface area contributed by atoms with Crippen LogP contribution in [-0.2, 0) is 14.4 Å². The van der Waals surface area contributed by atoms with Gasteiger partial charge in [0.15, 0.2) is 0 Å². The van der Waals surface area contributed by atoms with Crippen molar-refractivity contribution in [1.82, 2.24) is 9.80 Å². The van der Waals surface area contributed by atoms with Gasteiger partial charge in [-0.05, 0) is 18.4 Å². The number of nitrogens with zero attached hydrogens (tertiary/aromatic N) is 2. The molecule has 6 nitrogen and oxygen atoms in total. The Hall–Kier alpha value is -2.37. The molecule has 1 aliphatic heterocycles. The maximum Gasteiger partial charge on any atom is 0.305 e. The first-order valence-electron chi connectivity index (χ1n) is 7.82. The van der Waals surface area contributed by atoms with Gasteiger partial charge in [-0.3, -0.25) is 14.4 Å². The summed E-state index contributed by atoms with van der Waals surface area (Å²) >= 11 is 0. The molecule has 2 amide bonds. The molecule has 1 aromatic rings. The number of hydrogen-bond acceptors (Lipinski definition) is 3. The second-order valence-corrected chi connectivity index (χ2v) is 5.76. The van der Waals surface area contributed by atoms with Crippen LogP contribution in [0.25, 0.3) is 0 Å². The second-order valence-electron chi connectivity index (χ2n) is 5.76. The Morgan fingerprint density at radius 2 is 1.96 bits per heavy atom. The number of hydrogen-bond donors (Lipinski definition) is 1. The van der Waals surface area contributed by atoms with Gasteiger partial charge >= 0.3 is 5.97 Å². The summed E-state index contributed by atoms with van der Waals surface area (Å²) in [6.45, 7) is 0.677. The monoisotopic (exact) mass is 318 g/mol. The number of carboxylic acids is 1. The lowest BCUT2D eigenvalue weighted by molar-refractivity contribution is -0.147. The maximum atomic E-state index is 12.8. The number of carbonyl (C=O) groups excluding carboxylic acids is 2. The number of likely N-dealkylation sites (tertiary alicyclic amines) is 1. The van der Waals surface area contributed by atoms with Crippen LogP contribution in [-0.4, -0.2) is 52.8 Å². The fourth-order valence-corrected chi connectivity index (χ4v) is 2.77. The fourth-order valence-electron chi connectivity index (χ4n) is 2.77. The molecule has 1 unspecified atom stereocenters. The Morgan fingerprint density at radius 3 is 2.57 bits per heavy atom. The first-order chi connectivity index (χ1) is 11.0. The van der Waals surface area contributed by atoms with Crippen LogP contribution in [0.3, 0.4) is 0 Å². The Balaban J connectivity index is 2.24. The van der Waals surface area contributed by atoms with Gasteiger partial charge in [0.25, 0.3) is 0 Å². The quantitative estimate of drug-likeness (QED) is 0.865. The molecule has 1 N–H and O–H groups in total. The van der Waals surface area contributed by atoms with Crippen LogP contribution in [0.15, 0.2) is 30.3 Å². The zero-order valence-corrected chi connectivity index (χ0v) is 13.3. The van der Waals surface area contributed by atoms with Crippen molar-refractivity contribution >= 4 is 17.8 Å². The van der Waals surface area contributed by atoms with Crippen LogP contribution < -0.4 is 0 Å². The molecule has 0 bridgehead atoms. The van der Waals surface area contributed by atoms with Gasteiger partial charge in [-0.2, -0.15) is 0 Å². The molecule has 1 aliphatic rings. The highest BCUT2D eigenvalue weighted by atomic mass is 16.4. The number of likely N-dealkylation sites (N-methyl/N-ethyl adjacent to an activating group) is 1. The molecule has 0 aliphatic carbocycles. The normalized spacial score (nSPS) is 16.0. The lowest BCUT2D eigenvalue weighted by Crippen LogP contribution is -2.46. The summed E-state index contributed by atoms with van der Waals surface area (Å²) in [6.07, 6.45) is 2.06. The highest BCUT2D eigenvalue weighted by Gasteiger charge is 2.34. The van der Waals surface area contributed by atoms with Crippen molar-refractivity contribution < 1.29 is 19.5 Å². The maximum absolute atomic E-state index is 12.8. The zero-order chi connectivity index (χ0) is 16.8. The molecular weight excluding hydrogens is 296 g/mol. The molecular formula is C17H22N2O4. The van der Waals surface area contributed by atoms with E-state index in [1.165, 1.54) is 4.90 Å². The molecule has 1 heterocycles. The number of amides is 2. The minimum atomic E-state index is -0.949. The van der Waals surface area contributed by atoms with E-state index >= 15 is 0 Å². The van der Waals surface area contributed by atoms with Crippen molar-refractivity contribution in [2.45, 2.75) is 31.7 Å². The van der Waals surface area contributed by atoms with Crippen LogP contribution in [0.4, 0.5) is 0 Å². The summed E-state index contributed by atoms with van der Waals surface area (Å²) < 4.78 is 0.